The molecular formula is C19H24N2O2. The van der Waals surface area contributed by atoms with Gasteiger partial charge in [-0.05, 0) is 36.9 Å². The lowest BCUT2D eigenvalue weighted by atomic mass is 9.56. The van der Waals surface area contributed by atoms with Gasteiger partial charge < -0.3 is 15.5 Å². The fourth-order valence-electron chi connectivity index (χ4n) is 6.16. The highest BCUT2D eigenvalue weighted by Crippen LogP contribution is 2.60. The molecule has 3 fully saturated rings. The number of para-hydroxylation sites is 1. The first-order valence-electron chi connectivity index (χ1n) is 8.80. The Labute approximate surface area is 136 Å². The molecular weight excluding hydrogens is 288 g/mol. The van der Waals surface area contributed by atoms with Crippen LogP contribution in [-0.2, 0) is 5.41 Å². The van der Waals surface area contributed by atoms with Crippen LogP contribution in [0.25, 0.3) is 0 Å². The monoisotopic (exact) mass is 312 g/mol. The van der Waals surface area contributed by atoms with Crippen LogP contribution in [0, 0.1) is 11.8 Å². The first-order chi connectivity index (χ1) is 11.3. The number of anilines is 1. The van der Waals surface area contributed by atoms with E-state index in [1.54, 1.807) is 0 Å². The number of fused-ring (bicyclic) bond motifs is 2. The SMILES string of the molecule is OCC=C1CN2CCC34c5ccccc5NC3C(CO)C1CC24. The summed E-state index contributed by atoms with van der Waals surface area (Å²) in [6.07, 6.45) is 4.27. The lowest BCUT2D eigenvalue weighted by Gasteiger charge is -2.54. The topological polar surface area (TPSA) is 55.7 Å². The number of hydrogen-bond donors (Lipinski definition) is 3. The van der Waals surface area contributed by atoms with Gasteiger partial charge in [-0.3, -0.25) is 4.90 Å². The summed E-state index contributed by atoms with van der Waals surface area (Å²) in [5, 5.41) is 23.4. The van der Waals surface area contributed by atoms with E-state index in [0.717, 1.165) is 19.5 Å². The fraction of sp³-hybridized carbons (Fsp3) is 0.579. The molecule has 4 aliphatic rings. The number of piperidine rings is 1. The first kappa shape index (κ1) is 14.0. The van der Waals surface area contributed by atoms with Crippen molar-refractivity contribution in [3.8, 4) is 0 Å². The molecule has 1 aliphatic carbocycles. The molecule has 2 saturated heterocycles. The van der Waals surface area contributed by atoms with E-state index in [0.29, 0.717) is 18.0 Å². The maximum atomic E-state index is 10.2. The molecule has 4 heteroatoms. The number of benzene rings is 1. The second-order valence-electron chi connectivity index (χ2n) is 7.59. The van der Waals surface area contributed by atoms with Crippen molar-refractivity contribution in [3.05, 3.63) is 41.5 Å². The minimum atomic E-state index is 0.103. The lowest BCUT2D eigenvalue weighted by molar-refractivity contribution is 0.0294. The normalized spacial score (nSPS) is 42.4. The average Bonchev–Trinajstić information content (AvgIpc) is 3.12. The van der Waals surface area contributed by atoms with Gasteiger partial charge in [-0.25, -0.2) is 0 Å². The molecule has 3 aliphatic heterocycles. The van der Waals surface area contributed by atoms with Gasteiger partial charge in [0.15, 0.2) is 0 Å². The van der Waals surface area contributed by atoms with Gasteiger partial charge in [0, 0.05) is 42.3 Å². The third kappa shape index (κ3) is 1.61. The summed E-state index contributed by atoms with van der Waals surface area (Å²) in [6, 6.07) is 9.60. The zero-order valence-corrected chi connectivity index (χ0v) is 13.3. The minimum Gasteiger partial charge on any atom is -0.396 e. The van der Waals surface area contributed by atoms with Gasteiger partial charge in [0.05, 0.1) is 6.61 Å². The number of nitrogens with zero attached hydrogens (tertiary/aromatic N) is 1. The second kappa shape index (κ2) is 4.82. The van der Waals surface area contributed by atoms with Crippen LogP contribution >= 0.6 is 0 Å². The third-order valence-electron chi connectivity index (χ3n) is 6.99. The highest BCUT2D eigenvalue weighted by atomic mass is 16.3. The van der Waals surface area contributed by atoms with E-state index in [4.69, 9.17) is 0 Å². The molecule has 5 atom stereocenters. The Kier molecular flexibility index (Phi) is 2.94. The van der Waals surface area contributed by atoms with E-state index in [9.17, 15) is 10.2 Å². The zero-order chi connectivity index (χ0) is 15.6. The van der Waals surface area contributed by atoms with Crippen molar-refractivity contribution in [3.63, 3.8) is 0 Å². The lowest BCUT2D eigenvalue weighted by Crippen LogP contribution is -2.62. The number of aliphatic hydroxyl groups excluding tert-OH is 2. The quantitative estimate of drug-likeness (QED) is 0.722. The molecule has 1 aromatic rings. The van der Waals surface area contributed by atoms with Crippen LogP contribution in [0.5, 0.6) is 0 Å². The fourth-order valence-corrected chi connectivity index (χ4v) is 6.16. The molecule has 1 spiro atoms. The van der Waals surface area contributed by atoms with Gasteiger partial charge in [-0.2, -0.15) is 0 Å². The molecule has 1 saturated carbocycles. The van der Waals surface area contributed by atoms with Crippen molar-refractivity contribution in [1.29, 1.82) is 0 Å². The summed E-state index contributed by atoms with van der Waals surface area (Å²) in [7, 11) is 0. The van der Waals surface area contributed by atoms with Crippen molar-refractivity contribution in [2.24, 2.45) is 11.8 Å². The number of aliphatic hydroxyl groups is 2. The van der Waals surface area contributed by atoms with Gasteiger partial charge >= 0.3 is 0 Å². The molecule has 0 radical (unpaired) electrons. The van der Waals surface area contributed by atoms with Gasteiger partial charge in [0.1, 0.15) is 0 Å². The standard InChI is InChI=1S/C19H24N2O2/c22-8-5-12-10-21-7-6-19-15-3-1-2-4-16(15)20-18(19)14(11-23)13(12)9-17(19)21/h1-5,13-14,17-18,20,22-23H,6-11H2. The van der Waals surface area contributed by atoms with Crippen LogP contribution in [0.4, 0.5) is 5.69 Å². The van der Waals surface area contributed by atoms with E-state index < -0.39 is 0 Å². The van der Waals surface area contributed by atoms with Crippen molar-refractivity contribution < 1.29 is 10.2 Å². The summed E-state index contributed by atoms with van der Waals surface area (Å²) in [4.78, 5) is 2.61. The van der Waals surface area contributed by atoms with Crippen molar-refractivity contribution in [2.75, 3.05) is 31.6 Å². The van der Waals surface area contributed by atoms with E-state index in [1.165, 1.54) is 23.2 Å². The van der Waals surface area contributed by atoms with Crippen LogP contribution in [0.2, 0.25) is 0 Å². The first-order valence-corrected chi connectivity index (χ1v) is 8.80. The molecule has 4 nitrogen and oxygen atoms in total. The van der Waals surface area contributed by atoms with E-state index in [2.05, 4.69) is 34.5 Å². The maximum Gasteiger partial charge on any atom is 0.0615 e. The average molecular weight is 312 g/mol. The van der Waals surface area contributed by atoms with Crippen LogP contribution in [0.3, 0.4) is 0 Å². The molecule has 0 amide bonds. The number of nitrogens with one attached hydrogen (secondary N) is 1. The van der Waals surface area contributed by atoms with Crippen LogP contribution < -0.4 is 5.32 Å². The van der Waals surface area contributed by atoms with E-state index in [1.807, 2.05) is 6.08 Å². The second-order valence-corrected chi connectivity index (χ2v) is 7.59. The maximum absolute atomic E-state index is 10.2. The molecule has 3 N–H and O–H groups in total. The Hall–Kier alpha value is -1.36. The summed E-state index contributed by atoms with van der Waals surface area (Å²) >= 11 is 0. The summed E-state index contributed by atoms with van der Waals surface area (Å²) in [5.41, 5.74) is 4.21. The summed E-state index contributed by atoms with van der Waals surface area (Å²) in [5.74, 6) is 0.628. The molecule has 2 bridgehead atoms. The van der Waals surface area contributed by atoms with Gasteiger partial charge in [-0.1, -0.05) is 29.8 Å². The Morgan fingerprint density at radius 2 is 2.17 bits per heavy atom. The van der Waals surface area contributed by atoms with Gasteiger partial charge in [0.25, 0.3) is 0 Å². The molecule has 0 aromatic heterocycles. The molecule has 3 heterocycles. The summed E-state index contributed by atoms with van der Waals surface area (Å²) in [6.45, 7) is 2.40. The van der Waals surface area contributed by atoms with Crippen molar-refractivity contribution in [1.82, 2.24) is 4.90 Å². The van der Waals surface area contributed by atoms with Crippen LogP contribution in [0.1, 0.15) is 18.4 Å². The Morgan fingerprint density at radius 1 is 1.30 bits per heavy atom. The zero-order valence-electron chi connectivity index (χ0n) is 13.3. The molecule has 5 rings (SSSR count). The predicted molar refractivity (Wildman–Crippen MR) is 89.4 cm³/mol. The van der Waals surface area contributed by atoms with Crippen molar-refractivity contribution >= 4 is 5.69 Å². The Morgan fingerprint density at radius 3 is 3.00 bits per heavy atom. The third-order valence-corrected chi connectivity index (χ3v) is 6.99. The predicted octanol–water partition coefficient (Wildman–Crippen LogP) is 1.35. The van der Waals surface area contributed by atoms with Gasteiger partial charge in [-0.15, -0.1) is 0 Å². The minimum absolute atomic E-state index is 0.103. The van der Waals surface area contributed by atoms with Crippen LogP contribution in [0.15, 0.2) is 35.9 Å². The van der Waals surface area contributed by atoms with E-state index >= 15 is 0 Å². The molecule has 122 valence electrons. The summed E-state index contributed by atoms with van der Waals surface area (Å²) < 4.78 is 0. The Bertz CT molecular complexity index is 673. The molecule has 23 heavy (non-hydrogen) atoms. The van der Waals surface area contributed by atoms with Gasteiger partial charge in [0.2, 0.25) is 0 Å². The van der Waals surface area contributed by atoms with Crippen molar-refractivity contribution in [2.45, 2.75) is 30.3 Å². The highest BCUT2D eigenvalue weighted by molar-refractivity contribution is 5.65. The number of hydrogen-bond acceptors (Lipinski definition) is 4. The van der Waals surface area contributed by atoms with Crippen LogP contribution in [-0.4, -0.2) is 53.5 Å². The number of rotatable bonds is 2. The Balaban J connectivity index is 1.67. The van der Waals surface area contributed by atoms with E-state index in [-0.39, 0.29) is 24.5 Å². The highest BCUT2D eigenvalue weighted by Gasteiger charge is 2.64. The smallest absolute Gasteiger partial charge is 0.0615 e. The molecule has 1 aromatic carbocycles. The largest absolute Gasteiger partial charge is 0.396 e. The molecule has 5 unspecified atom stereocenters.